The number of carbonyl (C=O) groups excluding carboxylic acids is 1. The second kappa shape index (κ2) is 7.47. The summed E-state index contributed by atoms with van der Waals surface area (Å²) in [4.78, 5) is 12.2. The normalized spacial score (nSPS) is 15.3. The van der Waals surface area contributed by atoms with Crippen molar-refractivity contribution in [3.8, 4) is 0 Å². The van der Waals surface area contributed by atoms with Crippen molar-refractivity contribution < 1.29 is 23.4 Å². The van der Waals surface area contributed by atoms with E-state index in [1.807, 2.05) is 0 Å². The highest BCUT2D eigenvalue weighted by molar-refractivity contribution is 5.84. The van der Waals surface area contributed by atoms with Gasteiger partial charge < -0.3 is 15.2 Å². The molecule has 2 atom stereocenters. The average molecular weight is 301 g/mol. The fourth-order valence-corrected chi connectivity index (χ4v) is 2.20. The molecule has 1 aromatic carbocycles. The third-order valence-electron chi connectivity index (χ3n) is 3.38. The van der Waals surface area contributed by atoms with E-state index in [1.165, 1.54) is 20.1 Å². The predicted molar refractivity (Wildman–Crippen MR) is 74.9 cm³/mol. The van der Waals surface area contributed by atoms with Crippen LogP contribution < -0.4 is 5.32 Å². The monoisotopic (exact) mass is 301 g/mol. The number of methoxy groups -OCH3 is 1. The Bertz CT molecular complexity index is 468. The lowest BCUT2D eigenvalue weighted by molar-refractivity contribution is -0.125. The number of aliphatic hydroxyl groups excluding tert-OH is 1. The Labute approximate surface area is 123 Å². The number of halogens is 2. The lowest BCUT2D eigenvalue weighted by Gasteiger charge is -2.31. The molecule has 118 valence electrons. The summed E-state index contributed by atoms with van der Waals surface area (Å²) in [5.41, 5.74) is -1.06. The maximum Gasteiger partial charge on any atom is 0.227 e. The lowest BCUT2D eigenvalue weighted by atomic mass is 9.94. The molecule has 2 unspecified atom stereocenters. The number of ether oxygens (including phenoxy) is 1. The van der Waals surface area contributed by atoms with E-state index in [2.05, 4.69) is 5.32 Å². The summed E-state index contributed by atoms with van der Waals surface area (Å²) in [7, 11) is 1.47. The highest BCUT2D eigenvalue weighted by Crippen LogP contribution is 2.23. The molecule has 2 N–H and O–H groups in total. The van der Waals surface area contributed by atoms with Gasteiger partial charge in [0.2, 0.25) is 5.91 Å². The average Bonchev–Trinajstić information content (AvgIpc) is 2.38. The van der Waals surface area contributed by atoms with Gasteiger partial charge in [0.15, 0.2) is 0 Å². The zero-order valence-corrected chi connectivity index (χ0v) is 12.5. The summed E-state index contributed by atoms with van der Waals surface area (Å²) >= 11 is 0. The van der Waals surface area contributed by atoms with Crippen LogP contribution in [0.1, 0.15) is 31.7 Å². The summed E-state index contributed by atoms with van der Waals surface area (Å²) in [6, 6.07) is 3.48. The van der Waals surface area contributed by atoms with Crippen molar-refractivity contribution in [2.75, 3.05) is 20.3 Å². The van der Waals surface area contributed by atoms with Crippen molar-refractivity contribution in [2.45, 2.75) is 31.7 Å². The molecular weight excluding hydrogens is 280 g/mol. The summed E-state index contributed by atoms with van der Waals surface area (Å²) < 4.78 is 32.4. The molecule has 0 heterocycles. The van der Waals surface area contributed by atoms with Crippen LogP contribution in [0.15, 0.2) is 18.2 Å². The van der Waals surface area contributed by atoms with Gasteiger partial charge in [0.1, 0.15) is 11.6 Å². The molecule has 1 rings (SSSR count). The SMILES string of the molecule is COCC(C)(CCO)NC(=O)C(C)c1c(F)cccc1F. The third kappa shape index (κ3) is 4.47. The van der Waals surface area contributed by atoms with Crippen molar-refractivity contribution in [3.63, 3.8) is 0 Å². The fraction of sp³-hybridized carbons (Fsp3) is 0.533. The van der Waals surface area contributed by atoms with Crippen LogP contribution in [0.5, 0.6) is 0 Å². The van der Waals surface area contributed by atoms with Gasteiger partial charge in [-0.1, -0.05) is 6.07 Å². The Hall–Kier alpha value is -1.53. The zero-order chi connectivity index (χ0) is 16.0. The highest BCUT2D eigenvalue weighted by atomic mass is 19.1. The van der Waals surface area contributed by atoms with Gasteiger partial charge in [0, 0.05) is 19.3 Å². The molecule has 0 radical (unpaired) electrons. The largest absolute Gasteiger partial charge is 0.396 e. The Balaban J connectivity index is 2.92. The van der Waals surface area contributed by atoms with E-state index in [9.17, 15) is 13.6 Å². The summed E-state index contributed by atoms with van der Waals surface area (Å²) in [5.74, 6) is -3.02. The van der Waals surface area contributed by atoms with E-state index >= 15 is 0 Å². The minimum Gasteiger partial charge on any atom is -0.396 e. The van der Waals surface area contributed by atoms with Gasteiger partial charge in [-0.25, -0.2) is 8.78 Å². The minimum atomic E-state index is -0.985. The van der Waals surface area contributed by atoms with Crippen LogP contribution in [0, 0.1) is 11.6 Å². The van der Waals surface area contributed by atoms with Crippen LogP contribution in [0.4, 0.5) is 8.78 Å². The van der Waals surface area contributed by atoms with Gasteiger partial charge in [-0.2, -0.15) is 0 Å². The summed E-state index contributed by atoms with van der Waals surface area (Å²) in [6.45, 7) is 3.19. The number of hydrogen-bond donors (Lipinski definition) is 2. The smallest absolute Gasteiger partial charge is 0.227 e. The van der Waals surface area contributed by atoms with Crippen molar-refractivity contribution in [1.29, 1.82) is 0 Å². The molecule has 0 aliphatic rings. The van der Waals surface area contributed by atoms with Gasteiger partial charge >= 0.3 is 0 Å². The number of nitrogens with one attached hydrogen (secondary N) is 1. The van der Waals surface area contributed by atoms with Crippen LogP contribution in [-0.4, -0.2) is 36.9 Å². The Morgan fingerprint density at radius 3 is 2.48 bits per heavy atom. The van der Waals surface area contributed by atoms with E-state index < -0.39 is 29.0 Å². The second-order valence-electron chi connectivity index (χ2n) is 5.31. The first kappa shape index (κ1) is 17.5. The molecule has 1 aromatic rings. The van der Waals surface area contributed by atoms with E-state index in [0.717, 1.165) is 12.1 Å². The maximum absolute atomic E-state index is 13.7. The summed E-state index contributed by atoms with van der Waals surface area (Å²) in [5, 5.41) is 11.7. The standard InChI is InChI=1S/C15H21F2NO3/c1-10(13-11(16)5-4-6-12(13)17)14(20)18-15(2,7-8-19)9-21-3/h4-6,10,19H,7-9H2,1-3H3,(H,18,20). The molecule has 0 aliphatic carbocycles. The minimum absolute atomic E-state index is 0.136. The maximum atomic E-state index is 13.7. The van der Waals surface area contributed by atoms with Crippen molar-refractivity contribution >= 4 is 5.91 Å². The predicted octanol–water partition coefficient (Wildman–Crippen LogP) is 1.97. The molecule has 0 aromatic heterocycles. The van der Waals surface area contributed by atoms with E-state index in [1.54, 1.807) is 6.92 Å². The van der Waals surface area contributed by atoms with Crippen LogP contribution in [-0.2, 0) is 9.53 Å². The van der Waals surface area contributed by atoms with Crippen LogP contribution >= 0.6 is 0 Å². The number of hydrogen-bond acceptors (Lipinski definition) is 3. The molecule has 0 saturated carbocycles. The second-order valence-corrected chi connectivity index (χ2v) is 5.31. The van der Waals surface area contributed by atoms with Crippen LogP contribution in [0.2, 0.25) is 0 Å². The molecule has 0 spiro atoms. The summed E-state index contributed by atoms with van der Waals surface area (Å²) in [6.07, 6.45) is 0.277. The van der Waals surface area contributed by atoms with Crippen LogP contribution in [0.25, 0.3) is 0 Å². The number of aliphatic hydroxyl groups is 1. The molecule has 0 saturated heterocycles. The van der Waals surface area contributed by atoms with E-state index in [0.29, 0.717) is 0 Å². The van der Waals surface area contributed by atoms with E-state index in [4.69, 9.17) is 9.84 Å². The molecule has 1 amide bonds. The first-order chi connectivity index (χ1) is 9.84. The molecule has 6 heteroatoms. The van der Waals surface area contributed by atoms with Crippen LogP contribution in [0.3, 0.4) is 0 Å². The third-order valence-corrected chi connectivity index (χ3v) is 3.38. The molecular formula is C15H21F2NO3. The molecule has 0 fully saturated rings. The van der Waals surface area contributed by atoms with Gasteiger partial charge in [-0.3, -0.25) is 4.79 Å². The molecule has 4 nitrogen and oxygen atoms in total. The Morgan fingerprint density at radius 1 is 1.43 bits per heavy atom. The quantitative estimate of drug-likeness (QED) is 0.809. The van der Waals surface area contributed by atoms with E-state index in [-0.39, 0.29) is 25.2 Å². The Morgan fingerprint density at radius 2 is 2.00 bits per heavy atom. The number of benzene rings is 1. The lowest BCUT2D eigenvalue weighted by Crippen LogP contribution is -2.51. The highest BCUT2D eigenvalue weighted by Gasteiger charge is 2.30. The van der Waals surface area contributed by atoms with Gasteiger partial charge in [-0.15, -0.1) is 0 Å². The van der Waals surface area contributed by atoms with Crippen molar-refractivity contribution in [1.82, 2.24) is 5.32 Å². The van der Waals surface area contributed by atoms with Gasteiger partial charge in [0.25, 0.3) is 0 Å². The first-order valence-electron chi connectivity index (χ1n) is 6.70. The number of amides is 1. The molecule has 21 heavy (non-hydrogen) atoms. The number of carbonyl (C=O) groups is 1. The van der Waals surface area contributed by atoms with Gasteiger partial charge in [0.05, 0.1) is 18.1 Å². The van der Waals surface area contributed by atoms with Crippen molar-refractivity contribution in [3.05, 3.63) is 35.4 Å². The van der Waals surface area contributed by atoms with Crippen molar-refractivity contribution in [2.24, 2.45) is 0 Å². The molecule has 0 aliphatic heterocycles. The first-order valence-corrected chi connectivity index (χ1v) is 6.70. The fourth-order valence-electron chi connectivity index (χ4n) is 2.20. The Kier molecular flexibility index (Phi) is 6.23. The number of rotatable bonds is 7. The molecule has 0 bridgehead atoms. The zero-order valence-electron chi connectivity index (χ0n) is 12.5. The topological polar surface area (TPSA) is 58.6 Å². The van der Waals surface area contributed by atoms with Gasteiger partial charge in [-0.05, 0) is 32.4 Å².